The summed E-state index contributed by atoms with van der Waals surface area (Å²) in [7, 11) is 0. The van der Waals surface area contributed by atoms with Gasteiger partial charge in [0.1, 0.15) is 6.10 Å². The number of ether oxygens (including phenoxy) is 1. The highest BCUT2D eigenvalue weighted by atomic mass is 16.5. The van der Waals surface area contributed by atoms with Gasteiger partial charge in [0.15, 0.2) is 5.78 Å². The summed E-state index contributed by atoms with van der Waals surface area (Å²) in [5, 5.41) is 70.1. The van der Waals surface area contributed by atoms with Crippen molar-refractivity contribution in [3.63, 3.8) is 0 Å². The van der Waals surface area contributed by atoms with Gasteiger partial charge < -0.3 is 35.4 Å². The predicted octanol–water partition coefficient (Wildman–Crippen LogP) is 4.61. The third kappa shape index (κ3) is 6.01. The zero-order valence-corrected chi connectivity index (χ0v) is 30.9. The summed E-state index contributed by atoms with van der Waals surface area (Å²) < 4.78 is 6.25. The first-order valence-corrected chi connectivity index (χ1v) is 20.0. The van der Waals surface area contributed by atoms with Gasteiger partial charge in [-0.05, 0) is 107 Å². The van der Waals surface area contributed by atoms with Crippen LogP contribution in [0.1, 0.15) is 131 Å². The molecule has 0 amide bonds. The molecule has 6 rings (SSSR count). The van der Waals surface area contributed by atoms with Crippen molar-refractivity contribution >= 4 is 11.5 Å². The van der Waals surface area contributed by atoms with Gasteiger partial charge in [0.2, 0.25) is 0 Å². The first kappa shape index (κ1) is 37.8. The lowest BCUT2D eigenvalue weighted by molar-refractivity contribution is -0.229. The number of hydrogen-bond acceptors (Lipinski definition) is 9. The van der Waals surface area contributed by atoms with E-state index in [0.717, 1.165) is 38.5 Å². The van der Waals surface area contributed by atoms with Crippen molar-refractivity contribution < 1.29 is 40.2 Å². The Morgan fingerprint density at radius 1 is 1.04 bits per heavy atom. The first-order valence-electron chi connectivity index (χ1n) is 20.0. The fourth-order valence-electron chi connectivity index (χ4n) is 12.9. The average Bonchev–Trinajstić information content (AvgIpc) is 3.78. The van der Waals surface area contributed by atoms with Gasteiger partial charge in [-0.2, -0.15) is 0 Å². The van der Waals surface area contributed by atoms with Crippen LogP contribution < -0.4 is 0 Å². The van der Waals surface area contributed by atoms with Crippen LogP contribution >= 0.6 is 0 Å². The van der Waals surface area contributed by atoms with Gasteiger partial charge in [0, 0.05) is 17.3 Å². The Hall–Kier alpha value is -0.940. The van der Waals surface area contributed by atoms with Crippen LogP contribution in [0.3, 0.4) is 0 Å². The summed E-state index contributed by atoms with van der Waals surface area (Å²) in [4.78, 5) is 19.6. The number of nitrogens with zero attached hydrogens (tertiary/aromatic N) is 1. The van der Waals surface area contributed by atoms with Crippen LogP contribution in [0, 0.1) is 52.3 Å². The van der Waals surface area contributed by atoms with Crippen molar-refractivity contribution in [3.8, 4) is 0 Å². The molecule has 5 aliphatic carbocycles. The quantitative estimate of drug-likeness (QED) is 0.172. The number of unbranched alkanes of at least 4 members (excludes halogenated alkanes) is 3. The molecule has 6 fully saturated rings. The zero-order valence-electron chi connectivity index (χ0n) is 30.9. The normalized spacial score (nSPS) is 47.4. The zero-order chi connectivity index (χ0) is 35.5. The van der Waals surface area contributed by atoms with Crippen LogP contribution in [0.5, 0.6) is 0 Å². The Labute approximate surface area is 294 Å². The minimum atomic E-state index is -1.55. The third-order valence-electron chi connectivity index (χ3n) is 15.6. The van der Waals surface area contributed by atoms with Crippen LogP contribution in [0.2, 0.25) is 0 Å². The van der Waals surface area contributed by atoms with Gasteiger partial charge in [0.05, 0.1) is 54.5 Å². The Morgan fingerprint density at radius 2 is 1.76 bits per heavy atom. The number of carbonyl (C=O) groups is 1. The van der Waals surface area contributed by atoms with E-state index in [1.165, 1.54) is 19.3 Å². The molecule has 1 aliphatic heterocycles. The molecule has 1 heterocycles. The van der Waals surface area contributed by atoms with Gasteiger partial charge in [-0.1, -0.05) is 59.3 Å². The Kier molecular flexibility index (Phi) is 10.9. The molecule has 49 heavy (non-hydrogen) atoms. The molecular weight excluding hydrogens is 622 g/mol. The number of rotatable bonds is 11. The fourth-order valence-corrected chi connectivity index (χ4v) is 12.9. The van der Waals surface area contributed by atoms with Gasteiger partial charge in [-0.3, -0.25) is 9.79 Å². The highest BCUT2D eigenvalue weighted by Gasteiger charge is 2.75. The Balaban J connectivity index is 1.34. The molecule has 1 saturated heterocycles. The van der Waals surface area contributed by atoms with Crippen molar-refractivity contribution in [1.29, 1.82) is 0 Å². The SMILES string of the molecule is CCCCCCC1COC(C(O)C(C)(O)C2CCC3(O)C4C(=NCC(C)O)C(=O)C5CC(O)C(O)CC5(C5CCCC5)C4CCC23C)C1C. The summed E-state index contributed by atoms with van der Waals surface area (Å²) in [6, 6.07) is 0. The second-order valence-corrected chi connectivity index (χ2v) is 18.2. The number of aliphatic hydroxyl groups is 6. The lowest BCUT2D eigenvalue weighted by Crippen LogP contribution is -2.71. The predicted molar refractivity (Wildman–Crippen MR) is 188 cm³/mol. The molecule has 0 aromatic rings. The van der Waals surface area contributed by atoms with Crippen LogP contribution in [-0.2, 0) is 9.53 Å². The maximum atomic E-state index is 14.8. The fraction of sp³-hybridized carbons (Fsp3) is 0.950. The van der Waals surface area contributed by atoms with Crippen molar-refractivity contribution in [2.45, 2.75) is 173 Å². The van der Waals surface area contributed by atoms with Gasteiger partial charge in [-0.25, -0.2) is 0 Å². The molecule has 0 bridgehead atoms. The number of hydrogen-bond donors (Lipinski definition) is 6. The van der Waals surface area contributed by atoms with Crippen LogP contribution in [0.25, 0.3) is 0 Å². The molecule has 0 radical (unpaired) electrons. The van der Waals surface area contributed by atoms with Gasteiger partial charge in [0.25, 0.3) is 0 Å². The molecular formula is C40H67NO8. The molecule has 0 spiro atoms. The molecule has 9 nitrogen and oxygen atoms in total. The van der Waals surface area contributed by atoms with E-state index in [1.807, 2.05) is 6.92 Å². The smallest absolute Gasteiger partial charge is 0.180 e. The second kappa shape index (κ2) is 14.1. The highest BCUT2D eigenvalue weighted by molar-refractivity contribution is 6.42. The van der Waals surface area contributed by atoms with E-state index in [2.05, 4.69) is 13.8 Å². The van der Waals surface area contributed by atoms with Crippen molar-refractivity contribution in [3.05, 3.63) is 0 Å². The maximum Gasteiger partial charge on any atom is 0.180 e. The van der Waals surface area contributed by atoms with Crippen LogP contribution in [0.15, 0.2) is 4.99 Å². The minimum absolute atomic E-state index is 0.0434. The van der Waals surface area contributed by atoms with Crippen LogP contribution in [-0.4, -0.2) is 97.0 Å². The van der Waals surface area contributed by atoms with Crippen molar-refractivity contribution in [1.82, 2.24) is 0 Å². The topological polar surface area (TPSA) is 160 Å². The second-order valence-electron chi connectivity index (χ2n) is 18.2. The molecule has 6 aliphatic rings. The highest BCUT2D eigenvalue weighted by Crippen LogP contribution is 2.72. The Morgan fingerprint density at radius 3 is 2.43 bits per heavy atom. The monoisotopic (exact) mass is 689 g/mol. The number of ketones is 1. The molecule has 280 valence electrons. The van der Waals surface area contributed by atoms with E-state index in [-0.39, 0.29) is 36.5 Å². The number of aliphatic hydroxyl groups excluding tert-OH is 4. The molecule has 0 aromatic heterocycles. The van der Waals surface area contributed by atoms with Gasteiger partial charge in [-0.15, -0.1) is 0 Å². The van der Waals surface area contributed by atoms with E-state index in [1.54, 1.807) is 13.8 Å². The van der Waals surface area contributed by atoms with E-state index >= 15 is 0 Å². The average molecular weight is 690 g/mol. The van der Waals surface area contributed by atoms with E-state index in [4.69, 9.17) is 9.73 Å². The number of carbonyl (C=O) groups excluding carboxylic acids is 1. The largest absolute Gasteiger partial charge is 0.391 e. The van der Waals surface area contributed by atoms with E-state index in [0.29, 0.717) is 50.3 Å². The molecule has 9 heteroatoms. The van der Waals surface area contributed by atoms with Crippen LogP contribution in [0.4, 0.5) is 0 Å². The van der Waals surface area contributed by atoms with Crippen molar-refractivity contribution in [2.75, 3.05) is 13.2 Å². The summed E-state index contributed by atoms with van der Waals surface area (Å²) in [5.74, 6) is -1.20. The summed E-state index contributed by atoms with van der Waals surface area (Å²) in [6.45, 7) is 10.4. The Bertz CT molecular complexity index is 1220. The number of aliphatic imine (C=N–C) groups is 1. The molecule has 15 atom stereocenters. The number of Topliss-reactive ketones (excluding diaryl/α,β-unsaturated/α-hetero) is 1. The third-order valence-corrected chi connectivity index (χ3v) is 15.6. The molecule has 6 N–H and O–H groups in total. The lowest BCUT2D eigenvalue weighted by atomic mass is 9.39. The minimum Gasteiger partial charge on any atom is -0.391 e. The van der Waals surface area contributed by atoms with E-state index < -0.39 is 70.3 Å². The summed E-state index contributed by atoms with van der Waals surface area (Å²) in [5.41, 5.74) is -4.01. The molecule has 0 aromatic carbocycles. The van der Waals surface area contributed by atoms with Gasteiger partial charge >= 0.3 is 0 Å². The van der Waals surface area contributed by atoms with Crippen molar-refractivity contribution in [2.24, 2.45) is 57.2 Å². The summed E-state index contributed by atoms with van der Waals surface area (Å²) >= 11 is 0. The molecule has 15 unspecified atom stereocenters. The summed E-state index contributed by atoms with van der Waals surface area (Å²) in [6.07, 6.45) is 8.21. The lowest BCUT2D eigenvalue weighted by Gasteiger charge is -2.66. The standard InChI is InChI=1S/C40H67NO8/c1-6-7-8-9-12-25-22-49-35(24(25)3)36(46)38(5,47)31-16-18-40(48)32-27(15-17-37(31,40)4)39(26-13-10-11-14-26)20-30(44)29(43)19-28(39)34(45)33(32)41-21-23(2)42/h23-32,35-36,42-44,46-48H,6-22H2,1-5H3. The maximum absolute atomic E-state index is 14.8. The molecule has 5 saturated carbocycles. The number of fused-ring (bicyclic) bond motifs is 5. The first-order chi connectivity index (χ1) is 23.1. The van der Waals surface area contributed by atoms with E-state index in [9.17, 15) is 35.4 Å².